The summed E-state index contributed by atoms with van der Waals surface area (Å²) in [7, 11) is 0. The van der Waals surface area contributed by atoms with E-state index < -0.39 is 33.9 Å². The Hall–Kier alpha value is -3.34. The van der Waals surface area contributed by atoms with Gasteiger partial charge in [0.1, 0.15) is 0 Å². The van der Waals surface area contributed by atoms with Gasteiger partial charge in [-0.15, -0.1) is 0 Å². The zero-order valence-corrected chi connectivity index (χ0v) is 16.3. The van der Waals surface area contributed by atoms with Crippen LogP contribution >= 0.6 is 0 Å². The third-order valence-electron chi connectivity index (χ3n) is 4.43. The molecule has 0 fully saturated rings. The van der Waals surface area contributed by atoms with Gasteiger partial charge >= 0.3 is 174 Å². The van der Waals surface area contributed by atoms with Gasteiger partial charge in [0.25, 0.3) is 0 Å². The van der Waals surface area contributed by atoms with Crippen LogP contribution in [0.4, 0.5) is 23.2 Å². The molecule has 0 saturated carbocycles. The van der Waals surface area contributed by atoms with Crippen LogP contribution in [0.1, 0.15) is 22.3 Å². The normalized spacial score (nSPS) is 11.0. The Balaban J connectivity index is 2.56. The van der Waals surface area contributed by atoms with Crippen molar-refractivity contribution in [1.82, 2.24) is 4.98 Å². The van der Waals surface area contributed by atoms with E-state index in [2.05, 4.69) is 22.3 Å². The Bertz CT molecular complexity index is 1220. The van der Waals surface area contributed by atoms with Crippen molar-refractivity contribution in [3.63, 3.8) is 0 Å². The second-order valence-electron chi connectivity index (χ2n) is 6.46. The third-order valence-corrected chi connectivity index (χ3v) is 4.67. The summed E-state index contributed by atoms with van der Waals surface area (Å²) in [6.07, 6.45) is -3.66. The SMILES string of the molecule is Cc1cnc(F)c(-c2c(-c3c#ccc(C#[S+])c3)cc(C(F)(F)F)c(C)c2[N+](=O)[O-])c1. The fourth-order valence-electron chi connectivity index (χ4n) is 3.13. The molecule has 1 aromatic heterocycles. The van der Waals surface area contributed by atoms with Crippen molar-refractivity contribution in [2.75, 3.05) is 0 Å². The predicted octanol–water partition coefficient (Wildman–Crippen LogP) is 5.55. The summed E-state index contributed by atoms with van der Waals surface area (Å²) in [5.41, 5.74) is -2.76. The number of aryl methyl sites for hydroxylation is 1. The van der Waals surface area contributed by atoms with E-state index >= 15 is 0 Å². The molecule has 4 nitrogen and oxygen atoms in total. The van der Waals surface area contributed by atoms with Gasteiger partial charge in [-0.05, 0) is 0 Å². The van der Waals surface area contributed by atoms with Crippen molar-refractivity contribution in [2.24, 2.45) is 0 Å². The molecule has 0 aliphatic rings. The Labute approximate surface area is 174 Å². The molecule has 0 spiro atoms. The molecule has 3 rings (SSSR count). The monoisotopic (exact) mass is 431 g/mol. The first-order chi connectivity index (χ1) is 14.0. The van der Waals surface area contributed by atoms with Gasteiger partial charge in [0.15, 0.2) is 0 Å². The van der Waals surface area contributed by atoms with Gasteiger partial charge in [0, 0.05) is 0 Å². The molecule has 2 aromatic carbocycles. The molecule has 30 heavy (non-hydrogen) atoms. The molecular weight excluding hydrogens is 420 g/mol. The van der Waals surface area contributed by atoms with Crippen molar-refractivity contribution in [1.29, 1.82) is 0 Å². The predicted molar refractivity (Wildman–Crippen MR) is 104 cm³/mol. The number of alkyl halides is 3. The molecule has 1 heterocycles. The summed E-state index contributed by atoms with van der Waals surface area (Å²) < 4.78 is 55.6. The zero-order valence-electron chi connectivity index (χ0n) is 15.5. The number of hydrogen-bond acceptors (Lipinski definition) is 3. The molecule has 9 heteroatoms. The molecule has 0 unspecified atom stereocenters. The Morgan fingerprint density at radius 2 is 1.90 bits per heavy atom. The van der Waals surface area contributed by atoms with Crippen LogP contribution in [-0.2, 0) is 18.2 Å². The first-order valence-corrected chi connectivity index (χ1v) is 8.79. The second kappa shape index (κ2) is 7.82. The summed E-state index contributed by atoms with van der Waals surface area (Å²) in [5.74, 6) is -1.05. The quantitative estimate of drug-likeness (QED) is 0.180. The van der Waals surface area contributed by atoms with E-state index in [1.54, 1.807) is 6.92 Å². The van der Waals surface area contributed by atoms with E-state index in [1.165, 1.54) is 24.4 Å². The number of nitro benzene ring substituents is 1. The molecule has 0 radical (unpaired) electrons. The van der Waals surface area contributed by atoms with Crippen LogP contribution in [0.2, 0.25) is 0 Å². The number of nitro groups is 1. The van der Waals surface area contributed by atoms with Gasteiger partial charge in [-0.2, -0.15) is 0 Å². The summed E-state index contributed by atoms with van der Waals surface area (Å²) >= 11 is 4.72. The molecule has 150 valence electrons. The second-order valence-corrected chi connectivity index (χ2v) is 6.66. The van der Waals surface area contributed by atoms with Crippen LogP contribution in [0.5, 0.6) is 0 Å². The summed E-state index contributed by atoms with van der Waals surface area (Å²) in [6, 6.07) is 10.00. The fourth-order valence-corrected chi connectivity index (χ4v) is 3.25. The van der Waals surface area contributed by atoms with Crippen LogP contribution < -0.4 is 0 Å². The van der Waals surface area contributed by atoms with Crippen LogP contribution in [0.25, 0.3) is 22.3 Å². The number of benzene rings is 1. The molecule has 0 aliphatic heterocycles. The minimum atomic E-state index is -4.87. The molecule has 0 atom stereocenters. The first-order valence-electron chi connectivity index (χ1n) is 8.38. The average Bonchev–Trinajstić information content (AvgIpc) is 2.68. The number of hydrogen-bond donors (Lipinski definition) is 0. The minimum absolute atomic E-state index is 0.0226. The number of nitrogens with zero attached hydrogens (tertiary/aromatic N) is 2. The molecule has 3 aromatic rings. The summed E-state index contributed by atoms with van der Waals surface area (Å²) in [6.45, 7) is 2.56. The number of pyridine rings is 1. The Morgan fingerprint density at radius 3 is 2.50 bits per heavy atom. The van der Waals surface area contributed by atoms with Gasteiger partial charge in [-0.1, -0.05) is 0 Å². The van der Waals surface area contributed by atoms with Gasteiger partial charge < -0.3 is 0 Å². The number of aromatic nitrogens is 1. The standard InChI is InChI=1S/C21H11F4N2O2S/c1-11-6-16(20(22)26-9-11)18-15(14-5-3-4-13(7-14)10-30)8-17(21(23,24)25)12(2)19(18)27(28)29/h4,6-9H,1-2H3/q+1. The topological polar surface area (TPSA) is 56.0 Å². The van der Waals surface area contributed by atoms with Crippen LogP contribution in [-0.4, -0.2) is 9.91 Å². The number of halogens is 4. The maximum atomic E-state index is 14.6. The summed E-state index contributed by atoms with van der Waals surface area (Å²) in [5, 5.41) is 14.2. The van der Waals surface area contributed by atoms with E-state index in [1.807, 2.05) is 0 Å². The number of rotatable bonds is 3. The summed E-state index contributed by atoms with van der Waals surface area (Å²) in [4.78, 5) is 14.5. The molecule has 0 bridgehead atoms. The van der Waals surface area contributed by atoms with Crippen LogP contribution in [0, 0.1) is 47.2 Å². The van der Waals surface area contributed by atoms with Crippen molar-refractivity contribution in [2.45, 2.75) is 20.0 Å². The van der Waals surface area contributed by atoms with Gasteiger partial charge in [-0.3, -0.25) is 0 Å². The van der Waals surface area contributed by atoms with Crippen molar-refractivity contribution >= 4 is 17.7 Å². The average molecular weight is 431 g/mol. The van der Waals surface area contributed by atoms with E-state index in [-0.39, 0.29) is 22.3 Å². The van der Waals surface area contributed by atoms with Crippen molar-refractivity contribution in [3.8, 4) is 27.4 Å². The van der Waals surface area contributed by atoms with Crippen LogP contribution in [0.3, 0.4) is 0 Å². The van der Waals surface area contributed by atoms with E-state index in [0.29, 0.717) is 11.1 Å². The first kappa shape index (κ1) is 21.4. The van der Waals surface area contributed by atoms with E-state index in [0.717, 1.165) is 13.0 Å². The van der Waals surface area contributed by atoms with E-state index in [4.69, 9.17) is 12.0 Å². The van der Waals surface area contributed by atoms with Gasteiger partial charge in [0.2, 0.25) is 0 Å². The molecule has 0 saturated heterocycles. The van der Waals surface area contributed by atoms with Gasteiger partial charge in [0.05, 0.1) is 0 Å². The van der Waals surface area contributed by atoms with Crippen LogP contribution in [0.15, 0.2) is 30.5 Å². The maximum absolute atomic E-state index is 14.6. The van der Waals surface area contributed by atoms with E-state index in [9.17, 15) is 27.7 Å². The molecule has 0 aliphatic carbocycles. The fraction of sp³-hybridized carbons (Fsp3) is 0.143. The van der Waals surface area contributed by atoms with Gasteiger partial charge in [-0.25, -0.2) is 0 Å². The Kier molecular flexibility index (Phi) is 5.57. The molecular formula is C21H11F4N2O2S+. The Morgan fingerprint density at radius 1 is 1.20 bits per heavy atom. The zero-order chi connectivity index (χ0) is 22.2. The van der Waals surface area contributed by atoms with Crippen molar-refractivity contribution in [3.05, 3.63) is 80.9 Å². The van der Waals surface area contributed by atoms with Crippen molar-refractivity contribution < 1.29 is 22.5 Å². The molecule has 0 amide bonds. The molecule has 0 N–H and O–H groups in total. The third kappa shape index (κ3) is 3.88.